The Bertz CT molecular complexity index is 521. The minimum Gasteiger partial charge on any atom is -0.453 e. The molecule has 0 aliphatic carbocycles. The summed E-state index contributed by atoms with van der Waals surface area (Å²) in [5.41, 5.74) is 4.78. The summed E-state index contributed by atoms with van der Waals surface area (Å²) in [6.45, 7) is 1.34. The average Bonchev–Trinajstić information content (AvgIpc) is 2.40. The Morgan fingerprint density at radius 2 is 1.95 bits per heavy atom. The quantitative estimate of drug-likeness (QED) is 0.611. The molecule has 1 aromatic rings. The van der Waals surface area contributed by atoms with Crippen LogP contribution in [0.25, 0.3) is 0 Å². The largest absolute Gasteiger partial charge is 0.453 e. The molecule has 1 rings (SSSR count). The fourth-order valence-electron chi connectivity index (χ4n) is 1.32. The van der Waals surface area contributed by atoms with Gasteiger partial charge in [0.25, 0.3) is 5.91 Å². The molecule has 0 saturated carbocycles. The number of benzene rings is 1. The average molecular weight is 314 g/mol. The molecule has 0 fully saturated rings. The SMILES string of the molecule is C[C@@H](OC(=O)CCSc1ccc(F)cc1)C(=O)NC(N)=O. The zero-order valence-electron chi connectivity index (χ0n) is 11.3. The first-order chi connectivity index (χ1) is 9.88. The van der Waals surface area contributed by atoms with Crippen LogP contribution < -0.4 is 11.1 Å². The van der Waals surface area contributed by atoms with Crippen LogP contribution in [0.2, 0.25) is 0 Å². The predicted molar refractivity (Wildman–Crippen MR) is 75.0 cm³/mol. The second kappa shape index (κ2) is 8.25. The van der Waals surface area contributed by atoms with E-state index in [1.54, 1.807) is 12.1 Å². The van der Waals surface area contributed by atoms with E-state index in [2.05, 4.69) is 0 Å². The third-order valence-corrected chi connectivity index (χ3v) is 3.33. The standard InChI is InChI=1S/C13H15FN2O4S/c1-8(12(18)16-13(15)19)20-11(17)6-7-21-10-4-2-9(14)3-5-10/h2-5,8H,6-7H2,1H3,(H3,15,16,18,19)/t8-/m1/s1. The highest BCUT2D eigenvalue weighted by molar-refractivity contribution is 7.99. The molecule has 114 valence electrons. The number of esters is 1. The van der Waals surface area contributed by atoms with E-state index in [0.29, 0.717) is 5.75 Å². The van der Waals surface area contributed by atoms with Crippen LogP contribution in [-0.2, 0) is 14.3 Å². The molecular weight excluding hydrogens is 299 g/mol. The molecule has 0 aliphatic rings. The summed E-state index contributed by atoms with van der Waals surface area (Å²) in [6, 6.07) is 4.87. The van der Waals surface area contributed by atoms with E-state index in [9.17, 15) is 18.8 Å². The van der Waals surface area contributed by atoms with Crippen molar-refractivity contribution >= 4 is 29.7 Å². The number of thioether (sulfide) groups is 1. The van der Waals surface area contributed by atoms with Gasteiger partial charge in [-0.05, 0) is 31.2 Å². The number of halogens is 1. The first-order valence-electron chi connectivity index (χ1n) is 6.06. The second-order valence-electron chi connectivity index (χ2n) is 4.04. The molecule has 21 heavy (non-hydrogen) atoms. The van der Waals surface area contributed by atoms with Crippen LogP contribution in [0.3, 0.4) is 0 Å². The number of carbonyl (C=O) groups excluding carboxylic acids is 3. The number of amides is 3. The molecular formula is C13H15FN2O4S. The smallest absolute Gasteiger partial charge is 0.318 e. The van der Waals surface area contributed by atoms with Gasteiger partial charge in [-0.1, -0.05) is 0 Å². The second-order valence-corrected chi connectivity index (χ2v) is 5.21. The number of hydrogen-bond acceptors (Lipinski definition) is 5. The number of ether oxygens (including phenoxy) is 1. The van der Waals surface area contributed by atoms with Crippen LogP contribution in [0.4, 0.5) is 9.18 Å². The van der Waals surface area contributed by atoms with Crippen molar-refractivity contribution in [1.82, 2.24) is 5.32 Å². The summed E-state index contributed by atoms with van der Waals surface area (Å²) in [6.07, 6.45) is -1.02. The van der Waals surface area contributed by atoms with E-state index >= 15 is 0 Å². The van der Waals surface area contributed by atoms with E-state index in [4.69, 9.17) is 10.5 Å². The van der Waals surface area contributed by atoms with E-state index < -0.39 is 24.0 Å². The topological polar surface area (TPSA) is 98.5 Å². The summed E-state index contributed by atoms with van der Waals surface area (Å²) in [7, 11) is 0. The summed E-state index contributed by atoms with van der Waals surface area (Å²) in [5.74, 6) is -1.25. The Labute approximate surface area is 125 Å². The number of rotatable bonds is 6. The van der Waals surface area contributed by atoms with Crippen LogP contribution >= 0.6 is 11.8 Å². The molecule has 0 unspecified atom stereocenters. The van der Waals surface area contributed by atoms with Crippen LogP contribution in [-0.4, -0.2) is 29.8 Å². The van der Waals surface area contributed by atoms with Gasteiger partial charge in [-0.2, -0.15) is 0 Å². The maximum Gasteiger partial charge on any atom is 0.318 e. The summed E-state index contributed by atoms with van der Waals surface area (Å²) in [4.78, 5) is 34.1. The summed E-state index contributed by atoms with van der Waals surface area (Å²) < 4.78 is 17.5. The summed E-state index contributed by atoms with van der Waals surface area (Å²) >= 11 is 1.36. The van der Waals surface area contributed by atoms with Gasteiger partial charge in [0, 0.05) is 10.6 Å². The first kappa shape index (κ1) is 17.0. The van der Waals surface area contributed by atoms with Gasteiger partial charge in [0.15, 0.2) is 6.10 Å². The van der Waals surface area contributed by atoms with Crippen molar-refractivity contribution in [1.29, 1.82) is 0 Å². The molecule has 8 heteroatoms. The first-order valence-corrected chi connectivity index (χ1v) is 7.05. The Hall–Kier alpha value is -2.09. The molecule has 0 saturated heterocycles. The Kier molecular flexibility index (Phi) is 6.67. The normalized spacial score (nSPS) is 11.5. The van der Waals surface area contributed by atoms with Gasteiger partial charge < -0.3 is 10.5 Å². The molecule has 0 spiro atoms. The lowest BCUT2D eigenvalue weighted by Crippen LogP contribution is -2.42. The van der Waals surface area contributed by atoms with Gasteiger partial charge in [0.1, 0.15) is 5.82 Å². The Balaban J connectivity index is 2.29. The minimum atomic E-state index is -1.10. The number of primary amides is 1. The number of carbonyl (C=O) groups is 3. The zero-order chi connectivity index (χ0) is 15.8. The van der Waals surface area contributed by atoms with E-state index in [-0.39, 0.29) is 12.2 Å². The number of imide groups is 1. The lowest BCUT2D eigenvalue weighted by atomic mass is 10.3. The van der Waals surface area contributed by atoms with Gasteiger partial charge in [-0.3, -0.25) is 14.9 Å². The fourth-order valence-corrected chi connectivity index (χ4v) is 2.15. The van der Waals surface area contributed by atoms with E-state index in [0.717, 1.165) is 4.90 Å². The van der Waals surface area contributed by atoms with Crippen molar-refractivity contribution in [3.63, 3.8) is 0 Å². The highest BCUT2D eigenvalue weighted by atomic mass is 32.2. The van der Waals surface area contributed by atoms with Crippen molar-refractivity contribution in [3.8, 4) is 0 Å². The van der Waals surface area contributed by atoms with Gasteiger partial charge >= 0.3 is 12.0 Å². The molecule has 6 nitrogen and oxygen atoms in total. The molecule has 1 atom stereocenters. The van der Waals surface area contributed by atoms with Gasteiger partial charge in [0.05, 0.1) is 6.42 Å². The molecule has 3 N–H and O–H groups in total. The molecule has 0 aromatic heterocycles. The van der Waals surface area contributed by atoms with Crippen molar-refractivity contribution in [3.05, 3.63) is 30.1 Å². The fraction of sp³-hybridized carbons (Fsp3) is 0.308. The van der Waals surface area contributed by atoms with E-state index in [1.165, 1.54) is 30.8 Å². The molecule has 0 aliphatic heterocycles. The number of urea groups is 1. The van der Waals surface area contributed by atoms with Crippen LogP contribution in [0, 0.1) is 5.82 Å². The van der Waals surface area contributed by atoms with Crippen LogP contribution in [0.15, 0.2) is 29.2 Å². The molecule has 1 aromatic carbocycles. The molecule has 0 bridgehead atoms. The Morgan fingerprint density at radius 3 is 2.52 bits per heavy atom. The van der Waals surface area contributed by atoms with Crippen molar-refractivity contribution < 1.29 is 23.5 Å². The zero-order valence-corrected chi connectivity index (χ0v) is 12.1. The highest BCUT2D eigenvalue weighted by Gasteiger charge is 2.18. The van der Waals surface area contributed by atoms with Gasteiger partial charge in [-0.15, -0.1) is 11.8 Å². The molecule has 0 heterocycles. The lowest BCUT2D eigenvalue weighted by molar-refractivity contribution is -0.154. The van der Waals surface area contributed by atoms with Gasteiger partial charge in [-0.25, -0.2) is 9.18 Å². The molecule has 3 amide bonds. The van der Waals surface area contributed by atoms with Crippen molar-refractivity contribution in [2.24, 2.45) is 5.73 Å². The lowest BCUT2D eigenvalue weighted by Gasteiger charge is -2.11. The minimum absolute atomic E-state index is 0.0796. The van der Waals surface area contributed by atoms with Crippen LogP contribution in [0.1, 0.15) is 13.3 Å². The Morgan fingerprint density at radius 1 is 1.33 bits per heavy atom. The number of nitrogens with one attached hydrogen (secondary N) is 1. The maximum absolute atomic E-state index is 12.7. The summed E-state index contributed by atoms with van der Waals surface area (Å²) in [5, 5.41) is 1.82. The number of nitrogens with two attached hydrogens (primary N) is 1. The van der Waals surface area contributed by atoms with E-state index in [1.807, 2.05) is 5.32 Å². The third-order valence-electron chi connectivity index (χ3n) is 2.31. The third kappa shape index (κ3) is 6.75. The number of hydrogen-bond donors (Lipinski definition) is 2. The predicted octanol–water partition coefficient (Wildman–Crippen LogP) is 1.43. The van der Waals surface area contributed by atoms with Crippen molar-refractivity contribution in [2.75, 3.05) is 5.75 Å². The monoisotopic (exact) mass is 314 g/mol. The molecule has 0 radical (unpaired) electrons. The van der Waals surface area contributed by atoms with Crippen molar-refractivity contribution in [2.45, 2.75) is 24.3 Å². The maximum atomic E-state index is 12.7. The van der Waals surface area contributed by atoms with Crippen LogP contribution in [0.5, 0.6) is 0 Å². The van der Waals surface area contributed by atoms with Gasteiger partial charge in [0.2, 0.25) is 0 Å². The highest BCUT2D eigenvalue weighted by Crippen LogP contribution is 2.19.